The average Bonchev–Trinajstić information content (AvgIpc) is 2.28. The van der Waals surface area contributed by atoms with E-state index in [2.05, 4.69) is 20.7 Å². The molecule has 6 N–H and O–H groups in total. The molecule has 0 saturated carbocycles. The summed E-state index contributed by atoms with van der Waals surface area (Å²) in [7, 11) is 0. The predicted octanol–water partition coefficient (Wildman–Crippen LogP) is 0.183. The van der Waals surface area contributed by atoms with Crippen LogP contribution in [-0.2, 0) is 4.74 Å². The first kappa shape index (κ1) is 12.5. The predicted molar refractivity (Wildman–Crippen MR) is 63.9 cm³/mol. The van der Waals surface area contributed by atoms with Gasteiger partial charge in [-0.25, -0.2) is 5.84 Å². The summed E-state index contributed by atoms with van der Waals surface area (Å²) in [5.74, 6) is 6.56. The molecule has 0 spiro atoms. The standard InChI is InChI=1S/C9H18N6O/c1-2-16-5-3-4-12-7-6-8(15-11)14-9(10)13-7/h6H,2-5,11H2,1H3,(H4,10,12,13,14,15). The molecule has 0 saturated heterocycles. The van der Waals surface area contributed by atoms with E-state index in [1.165, 1.54) is 0 Å². The summed E-state index contributed by atoms with van der Waals surface area (Å²) in [5, 5.41) is 3.11. The topological polar surface area (TPSA) is 111 Å². The van der Waals surface area contributed by atoms with Crippen molar-refractivity contribution in [2.75, 3.05) is 36.2 Å². The molecule has 0 aromatic carbocycles. The van der Waals surface area contributed by atoms with Crippen LogP contribution in [-0.4, -0.2) is 29.7 Å². The molecule has 7 nitrogen and oxygen atoms in total. The largest absolute Gasteiger partial charge is 0.382 e. The third-order valence-corrected chi connectivity index (χ3v) is 1.87. The number of aromatic nitrogens is 2. The van der Waals surface area contributed by atoms with Gasteiger partial charge in [-0.2, -0.15) is 9.97 Å². The maximum atomic E-state index is 5.50. The molecule has 16 heavy (non-hydrogen) atoms. The third kappa shape index (κ3) is 4.28. The Morgan fingerprint density at radius 2 is 2.12 bits per heavy atom. The SMILES string of the molecule is CCOCCCNc1cc(NN)nc(N)n1. The number of nitrogens with one attached hydrogen (secondary N) is 2. The van der Waals surface area contributed by atoms with Gasteiger partial charge >= 0.3 is 0 Å². The number of nitrogen functional groups attached to an aromatic ring is 2. The summed E-state index contributed by atoms with van der Waals surface area (Å²) >= 11 is 0. The summed E-state index contributed by atoms with van der Waals surface area (Å²) in [6.07, 6.45) is 0.906. The van der Waals surface area contributed by atoms with Gasteiger partial charge in [0.1, 0.15) is 11.6 Å². The maximum absolute atomic E-state index is 5.50. The van der Waals surface area contributed by atoms with Crippen LogP contribution in [0, 0.1) is 0 Å². The Kier molecular flexibility index (Phi) is 5.30. The van der Waals surface area contributed by atoms with Gasteiger partial charge in [-0.05, 0) is 13.3 Å². The van der Waals surface area contributed by atoms with Gasteiger partial charge in [-0.15, -0.1) is 0 Å². The second-order valence-corrected chi connectivity index (χ2v) is 3.12. The van der Waals surface area contributed by atoms with Gasteiger partial charge in [0.15, 0.2) is 0 Å². The molecular weight excluding hydrogens is 208 g/mol. The monoisotopic (exact) mass is 226 g/mol. The molecule has 0 amide bonds. The van der Waals surface area contributed by atoms with Gasteiger partial charge in [-0.1, -0.05) is 0 Å². The molecule has 7 heteroatoms. The fraction of sp³-hybridized carbons (Fsp3) is 0.556. The number of ether oxygens (including phenoxy) is 1. The number of nitrogens with zero attached hydrogens (tertiary/aromatic N) is 2. The van der Waals surface area contributed by atoms with Gasteiger partial charge in [-0.3, -0.25) is 0 Å². The van der Waals surface area contributed by atoms with Crippen molar-refractivity contribution in [1.82, 2.24) is 9.97 Å². The van der Waals surface area contributed by atoms with Crippen LogP contribution in [0.3, 0.4) is 0 Å². The van der Waals surface area contributed by atoms with E-state index < -0.39 is 0 Å². The maximum Gasteiger partial charge on any atom is 0.223 e. The fourth-order valence-corrected chi connectivity index (χ4v) is 1.17. The summed E-state index contributed by atoms with van der Waals surface area (Å²) in [5.41, 5.74) is 7.93. The number of hydrazine groups is 1. The quantitative estimate of drug-likeness (QED) is 0.298. The van der Waals surface area contributed by atoms with E-state index in [0.717, 1.165) is 26.2 Å². The zero-order chi connectivity index (χ0) is 11.8. The fourth-order valence-electron chi connectivity index (χ4n) is 1.17. The van der Waals surface area contributed by atoms with Crippen LogP contribution in [0.2, 0.25) is 0 Å². The van der Waals surface area contributed by atoms with Gasteiger partial charge < -0.3 is 21.2 Å². The zero-order valence-corrected chi connectivity index (χ0v) is 9.36. The number of nitrogens with two attached hydrogens (primary N) is 2. The minimum absolute atomic E-state index is 0.183. The number of rotatable bonds is 7. The van der Waals surface area contributed by atoms with Gasteiger partial charge in [0.25, 0.3) is 0 Å². The lowest BCUT2D eigenvalue weighted by Crippen LogP contribution is -2.13. The van der Waals surface area contributed by atoms with Crippen molar-refractivity contribution in [2.24, 2.45) is 5.84 Å². The molecule has 1 aromatic heterocycles. The molecule has 0 aliphatic heterocycles. The Hall–Kier alpha value is -1.60. The first-order valence-electron chi connectivity index (χ1n) is 5.19. The van der Waals surface area contributed by atoms with Crippen LogP contribution < -0.4 is 22.3 Å². The van der Waals surface area contributed by atoms with Crippen LogP contribution in [0.4, 0.5) is 17.6 Å². The molecule has 0 unspecified atom stereocenters. The van der Waals surface area contributed by atoms with E-state index >= 15 is 0 Å². The lowest BCUT2D eigenvalue weighted by Gasteiger charge is -2.07. The third-order valence-electron chi connectivity index (χ3n) is 1.87. The Morgan fingerprint density at radius 3 is 2.81 bits per heavy atom. The Balaban J connectivity index is 2.38. The lowest BCUT2D eigenvalue weighted by atomic mass is 10.4. The van der Waals surface area contributed by atoms with Crippen molar-refractivity contribution in [3.63, 3.8) is 0 Å². The molecule has 1 aromatic rings. The van der Waals surface area contributed by atoms with Crippen molar-refractivity contribution < 1.29 is 4.74 Å². The Morgan fingerprint density at radius 1 is 1.38 bits per heavy atom. The van der Waals surface area contributed by atoms with Crippen LogP contribution in [0.1, 0.15) is 13.3 Å². The van der Waals surface area contributed by atoms with Crippen molar-refractivity contribution in [3.8, 4) is 0 Å². The van der Waals surface area contributed by atoms with E-state index in [4.69, 9.17) is 16.3 Å². The minimum Gasteiger partial charge on any atom is -0.382 e. The normalized spacial score (nSPS) is 10.1. The molecule has 0 fully saturated rings. The van der Waals surface area contributed by atoms with Gasteiger partial charge in [0, 0.05) is 25.8 Å². The van der Waals surface area contributed by atoms with E-state index in [9.17, 15) is 0 Å². The van der Waals surface area contributed by atoms with E-state index in [1.807, 2.05) is 6.92 Å². The van der Waals surface area contributed by atoms with E-state index in [-0.39, 0.29) is 5.95 Å². The van der Waals surface area contributed by atoms with E-state index in [0.29, 0.717) is 11.6 Å². The molecule has 0 aliphatic rings. The van der Waals surface area contributed by atoms with Crippen molar-refractivity contribution >= 4 is 17.6 Å². The highest BCUT2D eigenvalue weighted by Gasteiger charge is 2.00. The highest BCUT2D eigenvalue weighted by molar-refractivity contribution is 5.50. The molecule has 0 aliphatic carbocycles. The van der Waals surface area contributed by atoms with Crippen molar-refractivity contribution in [3.05, 3.63) is 6.07 Å². The number of anilines is 3. The zero-order valence-electron chi connectivity index (χ0n) is 9.36. The summed E-state index contributed by atoms with van der Waals surface area (Å²) in [6, 6.07) is 1.69. The first-order chi connectivity index (χ1) is 7.76. The summed E-state index contributed by atoms with van der Waals surface area (Å²) < 4.78 is 5.21. The highest BCUT2D eigenvalue weighted by atomic mass is 16.5. The first-order valence-corrected chi connectivity index (χ1v) is 5.19. The van der Waals surface area contributed by atoms with Crippen molar-refractivity contribution in [1.29, 1.82) is 0 Å². The van der Waals surface area contributed by atoms with Crippen LogP contribution in [0.15, 0.2) is 6.07 Å². The molecule has 0 bridgehead atoms. The van der Waals surface area contributed by atoms with Gasteiger partial charge in [0.05, 0.1) is 0 Å². The molecule has 0 radical (unpaired) electrons. The smallest absolute Gasteiger partial charge is 0.223 e. The molecule has 0 atom stereocenters. The van der Waals surface area contributed by atoms with E-state index in [1.54, 1.807) is 6.07 Å². The van der Waals surface area contributed by atoms with Crippen LogP contribution >= 0.6 is 0 Å². The molecule has 1 rings (SSSR count). The second-order valence-electron chi connectivity index (χ2n) is 3.12. The van der Waals surface area contributed by atoms with Gasteiger partial charge in [0.2, 0.25) is 5.95 Å². The molecule has 90 valence electrons. The summed E-state index contributed by atoms with van der Waals surface area (Å²) in [4.78, 5) is 7.89. The average molecular weight is 226 g/mol. The van der Waals surface area contributed by atoms with Crippen molar-refractivity contribution in [2.45, 2.75) is 13.3 Å². The Bertz CT molecular complexity index is 319. The minimum atomic E-state index is 0.183. The van der Waals surface area contributed by atoms with Crippen LogP contribution in [0.25, 0.3) is 0 Å². The van der Waals surface area contributed by atoms with Crippen LogP contribution in [0.5, 0.6) is 0 Å². The Labute approximate surface area is 94.6 Å². The summed E-state index contributed by atoms with van der Waals surface area (Å²) in [6.45, 7) is 4.20. The number of hydrogen-bond acceptors (Lipinski definition) is 7. The molecule has 1 heterocycles. The second kappa shape index (κ2) is 6.81. The molecular formula is C9H18N6O. The number of hydrogen-bond donors (Lipinski definition) is 4. The highest BCUT2D eigenvalue weighted by Crippen LogP contribution is 2.10. The lowest BCUT2D eigenvalue weighted by molar-refractivity contribution is 0.147.